The number of fused-ring (bicyclic) bond motifs is 6. The number of carbonyl (C=O) groups excluding carboxylic acids is 2. The maximum Gasteiger partial charge on any atom is 0.238 e. The first-order valence-corrected chi connectivity index (χ1v) is 10.9. The molecule has 26 heavy (non-hydrogen) atoms. The van der Waals surface area contributed by atoms with Gasteiger partial charge in [-0.3, -0.25) is 9.59 Å². The highest BCUT2D eigenvalue weighted by Gasteiger charge is 2.59. The van der Waals surface area contributed by atoms with Gasteiger partial charge < -0.3 is 0 Å². The van der Waals surface area contributed by atoms with Crippen LogP contribution in [0.2, 0.25) is 0 Å². The Morgan fingerprint density at radius 1 is 1.19 bits per heavy atom. The number of amides is 2. The fourth-order valence-electron chi connectivity index (χ4n) is 4.49. The minimum atomic E-state index is -0.146. The molecule has 4 nitrogen and oxygen atoms in total. The summed E-state index contributed by atoms with van der Waals surface area (Å²) in [5.41, 5.74) is 1.64. The average molecular weight is 385 g/mol. The third kappa shape index (κ3) is 2.38. The van der Waals surface area contributed by atoms with Gasteiger partial charge in [0, 0.05) is 5.75 Å². The molecular weight excluding hydrogens is 364 g/mol. The van der Waals surface area contributed by atoms with Crippen LogP contribution >= 0.6 is 23.1 Å². The van der Waals surface area contributed by atoms with Gasteiger partial charge in [0.05, 0.1) is 27.7 Å². The normalized spacial score (nSPS) is 29.6. The van der Waals surface area contributed by atoms with Crippen LogP contribution < -0.4 is 4.90 Å². The van der Waals surface area contributed by atoms with Crippen molar-refractivity contribution >= 4 is 50.8 Å². The topological polar surface area (TPSA) is 50.3 Å². The zero-order valence-corrected chi connectivity index (χ0v) is 16.3. The van der Waals surface area contributed by atoms with Crippen molar-refractivity contribution in [2.24, 2.45) is 29.6 Å². The number of nitrogens with zero attached hydrogens (tertiary/aromatic N) is 2. The number of carbonyl (C=O) groups is 2. The Morgan fingerprint density at radius 2 is 1.88 bits per heavy atom. The molecule has 134 valence electrons. The number of rotatable bonds is 4. The summed E-state index contributed by atoms with van der Waals surface area (Å²) in [4.78, 5) is 32.0. The first-order valence-electron chi connectivity index (χ1n) is 9.12. The summed E-state index contributed by atoms with van der Waals surface area (Å²) in [6, 6.07) is 5.76. The highest BCUT2D eigenvalue weighted by molar-refractivity contribution is 8.01. The number of hydrogen-bond acceptors (Lipinski definition) is 5. The first kappa shape index (κ1) is 16.5. The molecule has 1 saturated carbocycles. The minimum Gasteiger partial charge on any atom is -0.274 e. The number of benzene rings is 1. The van der Waals surface area contributed by atoms with Crippen molar-refractivity contribution in [2.45, 2.75) is 24.6 Å². The van der Waals surface area contributed by atoms with E-state index < -0.39 is 0 Å². The largest absolute Gasteiger partial charge is 0.274 e. The van der Waals surface area contributed by atoms with Crippen LogP contribution in [0.1, 0.15) is 20.3 Å². The summed E-state index contributed by atoms with van der Waals surface area (Å²) in [6.45, 7) is 4.39. The maximum absolute atomic E-state index is 13.0. The SMILES string of the molecule is CC(C)CSc1nc2ccc(N3C(=O)[C@@H]4[C@H](C3=O)[C@H]3C=C[C@H]4C3)cc2s1. The van der Waals surface area contributed by atoms with E-state index in [1.165, 1.54) is 4.90 Å². The van der Waals surface area contributed by atoms with E-state index >= 15 is 0 Å². The second-order valence-electron chi connectivity index (χ2n) is 7.85. The van der Waals surface area contributed by atoms with Crippen molar-refractivity contribution in [3.05, 3.63) is 30.4 Å². The quantitative estimate of drug-likeness (QED) is 0.447. The number of allylic oxidation sites excluding steroid dienone is 2. The molecule has 1 aliphatic heterocycles. The summed E-state index contributed by atoms with van der Waals surface area (Å²) >= 11 is 3.41. The summed E-state index contributed by atoms with van der Waals surface area (Å²) in [5.74, 6) is 1.82. The molecule has 3 aliphatic rings. The number of aromatic nitrogens is 1. The van der Waals surface area contributed by atoms with Crippen LogP contribution in [0.5, 0.6) is 0 Å². The third-order valence-electron chi connectivity index (χ3n) is 5.62. The molecule has 2 fully saturated rings. The van der Waals surface area contributed by atoms with E-state index in [9.17, 15) is 9.59 Å². The Kier molecular flexibility index (Phi) is 3.76. The molecule has 2 aromatic rings. The zero-order chi connectivity index (χ0) is 18.0. The van der Waals surface area contributed by atoms with E-state index in [1.807, 2.05) is 18.2 Å². The van der Waals surface area contributed by atoms with Gasteiger partial charge in [0.2, 0.25) is 11.8 Å². The van der Waals surface area contributed by atoms with Crippen LogP contribution in [-0.2, 0) is 9.59 Å². The van der Waals surface area contributed by atoms with Crippen molar-refractivity contribution in [2.75, 3.05) is 10.7 Å². The van der Waals surface area contributed by atoms with Gasteiger partial charge in [-0.1, -0.05) is 37.8 Å². The van der Waals surface area contributed by atoms with Gasteiger partial charge >= 0.3 is 0 Å². The Labute approximate surface area is 160 Å². The highest BCUT2D eigenvalue weighted by Crippen LogP contribution is 2.53. The van der Waals surface area contributed by atoms with E-state index in [-0.39, 0.29) is 35.5 Å². The van der Waals surface area contributed by atoms with E-state index in [2.05, 4.69) is 31.0 Å². The van der Waals surface area contributed by atoms with E-state index in [1.54, 1.807) is 23.1 Å². The molecular formula is C20H20N2O2S2. The molecule has 0 unspecified atom stereocenters. The van der Waals surface area contributed by atoms with Gasteiger partial charge in [-0.05, 0) is 42.4 Å². The molecule has 6 heteroatoms. The third-order valence-corrected chi connectivity index (χ3v) is 8.21. The highest BCUT2D eigenvalue weighted by atomic mass is 32.2. The molecule has 0 spiro atoms. The van der Waals surface area contributed by atoms with Crippen LogP contribution in [-0.4, -0.2) is 22.6 Å². The molecule has 1 saturated heterocycles. The van der Waals surface area contributed by atoms with Crippen molar-refractivity contribution in [1.82, 2.24) is 4.98 Å². The first-order chi connectivity index (χ1) is 12.5. The number of imide groups is 1. The van der Waals surface area contributed by atoms with Gasteiger partial charge in [-0.25, -0.2) is 9.88 Å². The molecule has 2 aliphatic carbocycles. The molecule has 2 amide bonds. The lowest BCUT2D eigenvalue weighted by Gasteiger charge is -2.17. The Morgan fingerprint density at radius 3 is 2.54 bits per heavy atom. The molecule has 2 heterocycles. The average Bonchev–Trinajstić information content (AvgIpc) is 3.35. The predicted octanol–water partition coefficient (Wildman–Crippen LogP) is 4.36. The number of hydrogen-bond donors (Lipinski definition) is 0. The van der Waals surface area contributed by atoms with Crippen molar-refractivity contribution < 1.29 is 9.59 Å². The van der Waals surface area contributed by atoms with E-state index in [0.29, 0.717) is 11.6 Å². The van der Waals surface area contributed by atoms with E-state index in [0.717, 1.165) is 26.7 Å². The molecule has 1 aromatic carbocycles. The lowest BCUT2D eigenvalue weighted by atomic mass is 9.85. The second kappa shape index (κ2) is 5.92. The van der Waals surface area contributed by atoms with Gasteiger partial charge in [-0.15, -0.1) is 11.3 Å². The van der Waals surface area contributed by atoms with Gasteiger partial charge in [0.15, 0.2) is 4.34 Å². The molecule has 4 atom stereocenters. The number of thioether (sulfide) groups is 1. The summed E-state index contributed by atoms with van der Waals surface area (Å²) in [6.07, 6.45) is 5.22. The molecule has 1 aromatic heterocycles. The van der Waals surface area contributed by atoms with Gasteiger partial charge in [0.25, 0.3) is 0 Å². The summed E-state index contributed by atoms with van der Waals surface area (Å²) in [5, 5.41) is 0. The standard InChI is InChI=1S/C20H20N2O2S2/c1-10(2)9-25-20-21-14-6-5-13(8-15(14)26-20)22-18(23)16-11-3-4-12(7-11)17(16)19(22)24/h3-6,8,10-12,16-17H,7,9H2,1-2H3/t11-,12-,16-,17+/m0/s1. The van der Waals surface area contributed by atoms with Crippen LogP contribution in [0.15, 0.2) is 34.7 Å². The Hall–Kier alpha value is -1.66. The van der Waals surface area contributed by atoms with Crippen LogP contribution in [0.4, 0.5) is 5.69 Å². The molecule has 0 N–H and O–H groups in total. The van der Waals surface area contributed by atoms with Crippen molar-refractivity contribution in [3.63, 3.8) is 0 Å². The van der Waals surface area contributed by atoms with Crippen molar-refractivity contribution in [1.29, 1.82) is 0 Å². The van der Waals surface area contributed by atoms with Crippen molar-refractivity contribution in [3.8, 4) is 0 Å². The fraction of sp³-hybridized carbons (Fsp3) is 0.450. The Balaban J connectivity index is 1.46. The number of thiazole rings is 1. The predicted molar refractivity (Wildman–Crippen MR) is 105 cm³/mol. The molecule has 5 rings (SSSR count). The summed E-state index contributed by atoms with van der Waals surface area (Å²) < 4.78 is 2.08. The monoisotopic (exact) mass is 384 g/mol. The molecule has 0 radical (unpaired) electrons. The van der Waals surface area contributed by atoms with Crippen LogP contribution in [0.25, 0.3) is 10.2 Å². The lowest BCUT2D eigenvalue weighted by Crippen LogP contribution is -2.32. The van der Waals surface area contributed by atoms with E-state index in [4.69, 9.17) is 0 Å². The summed E-state index contributed by atoms with van der Waals surface area (Å²) in [7, 11) is 0. The fourth-order valence-corrected chi connectivity index (χ4v) is 6.57. The number of anilines is 1. The smallest absolute Gasteiger partial charge is 0.238 e. The van der Waals surface area contributed by atoms with Gasteiger partial charge in [0.1, 0.15) is 0 Å². The second-order valence-corrected chi connectivity index (χ2v) is 10.1. The maximum atomic E-state index is 13.0. The Bertz CT molecular complexity index is 918. The lowest BCUT2D eigenvalue weighted by molar-refractivity contribution is -0.123. The molecule has 2 bridgehead atoms. The zero-order valence-electron chi connectivity index (χ0n) is 14.7. The van der Waals surface area contributed by atoms with Gasteiger partial charge in [-0.2, -0.15) is 0 Å². The van der Waals surface area contributed by atoms with Crippen LogP contribution in [0, 0.1) is 29.6 Å². The van der Waals surface area contributed by atoms with Crippen LogP contribution in [0.3, 0.4) is 0 Å². The minimum absolute atomic E-state index is 0.0184.